The third-order valence-corrected chi connectivity index (χ3v) is 5.38. The number of nitrogens with one attached hydrogen (secondary N) is 2. The van der Waals surface area contributed by atoms with Crippen LogP contribution in [-0.2, 0) is 13.2 Å². The lowest BCUT2D eigenvalue weighted by atomic mass is 10.2. The van der Waals surface area contributed by atoms with E-state index in [1.165, 1.54) is 0 Å². The van der Waals surface area contributed by atoms with E-state index in [9.17, 15) is 0 Å². The number of aromatic nitrogens is 3. The number of rotatable bonds is 8. The molecule has 6 nitrogen and oxygen atoms in total. The van der Waals surface area contributed by atoms with Crippen molar-refractivity contribution in [2.45, 2.75) is 13.2 Å². The topological polar surface area (TPSA) is 64.1 Å². The highest BCUT2D eigenvalue weighted by atomic mass is 35.5. The fourth-order valence-corrected chi connectivity index (χ4v) is 3.57. The van der Waals surface area contributed by atoms with Gasteiger partial charge in [-0.3, -0.25) is 0 Å². The normalized spacial score (nSPS) is 10.6. The van der Waals surface area contributed by atoms with Crippen LogP contribution >= 0.6 is 23.8 Å². The van der Waals surface area contributed by atoms with Gasteiger partial charge in [-0.2, -0.15) is 5.10 Å². The number of para-hydroxylation sites is 1. The van der Waals surface area contributed by atoms with Crippen LogP contribution in [0.4, 0.5) is 0 Å². The van der Waals surface area contributed by atoms with Crippen LogP contribution in [0.2, 0.25) is 5.02 Å². The lowest BCUT2D eigenvalue weighted by Crippen LogP contribution is -2.16. The Bertz CT molecular complexity index is 1220. The second-order valence-corrected chi connectivity index (χ2v) is 7.51. The highest BCUT2D eigenvalue weighted by Crippen LogP contribution is 2.32. The van der Waals surface area contributed by atoms with Crippen LogP contribution in [0.3, 0.4) is 0 Å². The molecule has 0 unspecified atom stereocenters. The number of nitrogens with zero attached hydrogens (tertiary/aromatic N) is 2. The summed E-state index contributed by atoms with van der Waals surface area (Å²) in [5, 5.41) is 7.86. The van der Waals surface area contributed by atoms with E-state index in [0.29, 0.717) is 40.3 Å². The van der Waals surface area contributed by atoms with Crippen molar-refractivity contribution in [1.29, 1.82) is 0 Å². The van der Waals surface area contributed by atoms with E-state index in [-0.39, 0.29) is 0 Å². The molecule has 0 aliphatic carbocycles. The van der Waals surface area contributed by atoms with E-state index in [2.05, 4.69) is 15.6 Å². The maximum Gasteiger partial charge on any atom is 0.214 e. The van der Waals surface area contributed by atoms with E-state index in [4.69, 9.17) is 33.3 Å². The molecule has 2 N–H and O–H groups in total. The average Bonchev–Trinajstić information content (AvgIpc) is 3.18. The summed E-state index contributed by atoms with van der Waals surface area (Å²) >= 11 is 11.7. The quantitative estimate of drug-likeness (QED) is 0.341. The van der Waals surface area contributed by atoms with Gasteiger partial charge in [0.25, 0.3) is 0 Å². The van der Waals surface area contributed by atoms with Crippen molar-refractivity contribution in [2.24, 2.45) is 0 Å². The molecule has 0 fully saturated rings. The molecule has 158 valence electrons. The largest absolute Gasteiger partial charge is 0.493 e. The summed E-state index contributed by atoms with van der Waals surface area (Å²) in [5.74, 6) is 1.99. The van der Waals surface area contributed by atoms with Crippen LogP contribution < -0.4 is 14.9 Å². The van der Waals surface area contributed by atoms with Gasteiger partial charge in [-0.05, 0) is 24.4 Å². The molecule has 8 heteroatoms. The minimum atomic E-state index is 0.327. The van der Waals surface area contributed by atoms with Crippen LogP contribution in [0.25, 0.3) is 11.4 Å². The Morgan fingerprint density at radius 2 is 1.74 bits per heavy atom. The number of benzene rings is 3. The molecular formula is C23H21ClN4O2S. The Labute approximate surface area is 190 Å². The molecule has 31 heavy (non-hydrogen) atoms. The monoisotopic (exact) mass is 452 g/mol. The Morgan fingerprint density at radius 3 is 2.52 bits per heavy atom. The molecule has 0 aliphatic rings. The number of hydrogen-bond donors (Lipinski definition) is 2. The number of methoxy groups -OCH3 is 1. The summed E-state index contributed by atoms with van der Waals surface area (Å²) in [4.78, 5) is 0. The molecule has 0 radical (unpaired) electrons. The van der Waals surface area contributed by atoms with Crippen LogP contribution in [0, 0.1) is 4.77 Å². The van der Waals surface area contributed by atoms with E-state index in [0.717, 1.165) is 16.7 Å². The Kier molecular flexibility index (Phi) is 6.54. The van der Waals surface area contributed by atoms with E-state index >= 15 is 0 Å². The van der Waals surface area contributed by atoms with Gasteiger partial charge in [0.05, 0.1) is 13.7 Å². The number of aromatic amines is 1. The minimum Gasteiger partial charge on any atom is -0.493 e. The lowest BCUT2D eigenvalue weighted by molar-refractivity contribution is 0.281. The third kappa shape index (κ3) is 4.73. The highest BCUT2D eigenvalue weighted by Gasteiger charge is 2.14. The third-order valence-electron chi connectivity index (χ3n) is 4.74. The van der Waals surface area contributed by atoms with Gasteiger partial charge in [0, 0.05) is 21.7 Å². The molecule has 0 saturated heterocycles. The smallest absolute Gasteiger partial charge is 0.214 e. The predicted molar refractivity (Wildman–Crippen MR) is 125 cm³/mol. The fourth-order valence-electron chi connectivity index (χ4n) is 3.18. The van der Waals surface area contributed by atoms with Gasteiger partial charge in [0.2, 0.25) is 4.77 Å². The minimum absolute atomic E-state index is 0.327. The zero-order chi connectivity index (χ0) is 21.6. The van der Waals surface area contributed by atoms with Gasteiger partial charge in [-0.1, -0.05) is 72.3 Å². The first-order chi connectivity index (χ1) is 15.2. The summed E-state index contributed by atoms with van der Waals surface area (Å²) in [6, 6.07) is 23.2. The van der Waals surface area contributed by atoms with E-state index < -0.39 is 0 Å². The molecule has 0 spiro atoms. The van der Waals surface area contributed by atoms with Gasteiger partial charge in [-0.25, -0.2) is 9.77 Å². The maximum absolute atomic E-state index is 6.28. The summed E-state index contributed by atoms with van der Waals surface area (Å²) in [6.45, 7) is 0.774. The van der Waals surface area contributed by atoms with Gasteiger partial charge in [0.15, 0.2) is 17.3 Å². The second kappa shape index (κ2) is 9.68. The molecule has 3 aromatic carbocycles. The standard InChI is InChI=1S/C23H21ClN4O2S/c1-29-20-13-7-11-17(21(20)30-15-18-10-5-6-12-19(18)24)14-25-28-22(26-27-23(28)31)16-8-3-2-4-9-16/h2-13,25H,14-15H2,1H3,(H,27,31). The number of halogens is 1. The van der Waals surface area contributed by atoms with Gasteiger partial charge < -0.3 is 14.9 Å². The molecule has 1 aromatic heterocycles. The first kappa shape index (κ1) is 21.0. The zero-order valence-electron chi connectivity index (χ0n) is 16.8. The molecule has 1 heterocycles. The summed E-state index contributed by atoms with van der Waals surface area (Å²) in [7, 11) is 1.62. The van der Waals surface area contributed by atoms with Crippen molar-refractivity contribution in [1.82, 2.24) is 14.9 Å². The molecule has 0 amide bonds. The van der Waals surface area contributed by atoms with Crippen LogP contribution in [-0.4, -0.2) is 22.0 Å². The second-order valence-electron chi connectivity index (χ2n) is 6.72. The number of H-pyrrole nitrogens is 1. The van der Waals surface area contributed by atoms with Crippen molar-refractivity contribution in [2.75, 3.05) is 12.5 Å². The maximum atomic E-state index is 6.28. The molecule has 0 bridgehead atoms. The molecular weight excluding hydrogens is 432 g/mol. The SMILES string of the molecule is COc1cccc(CNn2c(-c3ccccc3)n[nH]c2=S)c1OCc1ccccc1Cl. The Balaban J connectivity index is 1.58. The number of ether oxygens (including phenoxy) is 2. The molecule has 0 atom stereocenters. The van der Waals surface area contributed by atoms with Crippen molar-refractivity contribution in [3.8, 4) is 22.9 Å². The Morgan fingerprint density at radius 1 is 1.00 bits per heavy atom. The Hall–Kier alpha value is -3.29. The summed E-state index contributed by atoms with van der Waals surface area (Å²) < 4.78 is 13.9. The van der Waals surface area contributed by atoms with E-state index in [1.807, 2.05) is 72.8 Å². The van der Waals surface area contributed by atoms with Crippen molar-refractivity contribution in [3.05, 3.63) is 93.7 Å². The van der Waals surface area contributed by atoms with Crippen LogP contribution in [0.1, 0.15) is 11.1 Å². The van der Waals surface area contributed by atoms with Gasteiger partial charge in [0.1, 0.15) is 6.61 Å². The van der Waals surface area contributed by atoms with Crippen molar-refractivity contribution >= 4 is 23.8 Å². The zero-order valence-corrected chi connectivity index (χ0v) is 18.4. The summed E-state index contributed by atoms with van der Waals surface area (Å²) in [6.07, 6.45) is 0. The fraction of sp³-hybridized carbons (Fsp3) is 0.130. The van der Waals surface area contributed by atoms with Gasteiger partial charge in [-0.15, -0.1) is 0 Å². The van der Waals surface area contributed by atoms with Crippen LogP contribution in [0.15, 0.2) is 72.8 Å². The lowest BCUT2D eigenvalue weighted by Gasteiger charge is -2.17. The molecule has 4 rings (SSSR count). The van der Waals surface area contributed by atoms with E-state index in [1.54, 1.807) is 11.8 Å². The molecule has 4 aromatic rings. The molecule has 0 aliphatic heterocycles. The highest BCUT2D eigenvalue weighted by molar-refractivity contribution is 7.71. The number of hydrogen-bond acceptors (Lipinski definition) is 5. The van der Waals surface area contributed by atoms with Gasteiger partial charge >= 0.3 is 0 Å². The van der Waals surface area contributed by atoms with Crippen LogP contribution in [0.5, 0.6) is 11.5 Å². The first-order valence-corrected chi connectivity index (χ1v) is 10.4. The molecule has 0 saturated carbocycles. The first-order valence-electron chi connectivity index (χ1n) is 9.66. The average molecular weight is 453 g/mol. The summed E-state index contributed by atoms with van der Waals surface area (Å²) in [5.41, 5.74) is 6.09. The van der Waals surface area contributed by atoms with Crippen molar-refractivity contribution in [3.63, 3.8) is 0 Å². The van der Waals surface area contributed by atoms with Crippen molar-refractivity contribution < 1.29 is 9.47 Å². The predicted octanol–water partition coefficient (Wildman–Crippen LogP) is 5.59.